The maximum Gasteiger partial charge on any atom is 0.175 e. The summed E-state index contributed by atoms with van der Waals surface area (Å²) in [5.41, 5.74) is 0.336. The zero-order chi connectivity index (χ0) is 14.7. The molecule has 0 saturated carbocycles. The van der Waals surface area contributed by atoms with Gasteiger partial charge in [0.2, 0.25) is 0 Å². The largest absolute Gasteiger partial charge is 0.293 e. The average Bonchev–Trinajstić information content (AvgIpc) is 2.43. The zero-order valence-electron chi connectivity index (χ0n) is 10.6. The second-order valence-electron chi connectivity index (χ2n) is 4.21. The van der Waals surface area contributed by atoms with Gasteiger partial charge in [-0.15, -0.1) is 11.8 Å². The van der Waals surface area contributed by atoms with Crippen molar-refractivity contribution in [2.75, 3.05) is 0 Å². The number of Topliss-reactive ketones (excluding diaryl/α,β-unsaturated/α-hetero) is 1. The Hall–Kier alpha value is -1.75. The predicted octanol–water partition coefficient (Wildman–Crippen LogP) is 4.47. The standard InChI is InChI=1S/C15H11F3OS/c1-9(15(19)10-2-4-11(16)5-3-10)20-14-8-12(17)6-7-13(14)18/h2-9H,1H3. The molecule has 0 aliphatic heterocycles. The molecular formula is C15H11F3OS. The summed E-state index contributed by atoms with van der Waals surface area (Å²) in [5, 5.41) is -0.600. The first-order valence-corrected chi connectivity index (χ1v) is 6.77. The van der Waals surface area contributed by atoms with E-state index in [0.29, 0.717) is 5.56 Å². The van der Waals surface area contributed by atoms with Gasteiger partial charge in [0, 0.05) is 10.5 Å². The summed E-state index contributed by atoms with van der Waals surface area (Å²) in [6, 6.07) is 8.21. The van der Waals surface area contributed by atoms with Crippen LogP contribution < -0.4 is 0 Å². The molecule has 0 aromatic heterocycles. The summed E-state index contributed by atoms with van der Waals surface area (Å²) in [6.45, 7) is 1.60. The third-order valence-electron chi connectivity index (χ3n) is 2.69. The van der Waals surface area contributed by atoms with E-state index < -0.39 is 22.7 Å². The lowest BCUT2D eigenvalue weighted by Crippen LogP contribution is -2.13. The van der Waals surface area contributed by atoms with Gasteiger partial charge in [-0.1, -0.05) is 0 Å². The third kappa shape index (κ3) is 3.42. The lowest BCUT2D eigenvalue weighted by atomic mass is 10.1. The van der Waals surface area contributed by atoms with E-state index in [4.69, 9.17) is 0 Å². The molecule has 20 heavy (non-hydrogen) atoms. The number of hydrogen-bond donors (Lipinski definition) is 0. The molecule has 0 aliphatic rings. The summed E-state index contributed by atoms with van der Waals surface area (Å²) >= 11 is 0.933. The topological polar surface area (TPSA) is 17.1 Å². The molecule has 0 heterocycles. The van der Waals surface area contributed by atoms with Gasteiger partial charge in [-0.25, -0.2) is 13.2 Å². The maximum absolute atomic E-state index is 13.5. The SMILES string of the molecule is CC(Sc1cc(F)ccc1F)C(=O)c1ccc(F)cc1. The molecule has 0 amide bonds. The fraction of sp³-hybridized carbons (Fsp3) is 0.133. The molecule has 1 unspecified atom stereocenters. The predicted molar refractivity (Wildman–Crippen MR) is 72.4 cm³/mol. The molecule has 1 nitrogen and oxygen atoms in total. The highest BCUT2D eigenvalue weighted by atomic mass is 32.2. The minimum absolute atomic E-state index is 0.0768. The van der Waals surface area contributed by atoms with Crippen LogP contribution in [-0.4, -0.2) is 11.0 Å². The molecule has 0 fully saturated rings. The Kier molecular flexibility index (Phi) is 4.49. The van der Waals surface area contributed by atoms with E-state index >= 15 is 0 Å². The summed E-state index contributed by atoms with van der Waals surface area (Å²) in [4.78, 5) is 12.2. The van der Waals surface area contributed by atoms with E-state index in [-0.39, 0.29) is 10.7 Å². The van der Waals surface area contributed by atoms with Crippen LogP contribution in [0.1, 0.15) is 17.3 Å². The zero-order valence-corrected chi connectivity index (χ0v) is 11.4. The number of thioether (sulfide) groups is 1. The van der Waals surface area contributed by atoms with Crippen molar-refractivity contribution in [2.45, 2.75) is 17.1 Å². The highest BCUT2D eigenvalue weighted by molar-refractivity contribution is 8.00. The Morgan fingerprint density at radius 3 is 2.25 bits per heavy atom. The van der Waals surface area contributed by atoms with Crippen LogP contribution in [0, 0.1) is 17.5 Å². The van der Waals surface area contributed by atoms with Crippen molar-refractivity contribution < 1.29 is 18.0 Å². The molecule has 1 atom stereocenters. The summed E-state index contributed by atoms with van der Waals surface area (Å²) in [5.74, 6) is -1.83. The molecule has 104 valence electrons. The van der Waals surface area contributed by atoms with Gasteiger partial charge >= 0.3 is 0 Å². The van der Waals surface area contributed by atoms with Crippen LogP contribution in [0.15, 0.2) is 47.4 Å². The highest BCUT2D eigenvalue weighted by Crippen LogP contribution is 2.28. The number of carbonyl (C=O) groups excluding carboxylic acids is 1. The average molecular weight is 296 g/mol. The molecular weight excluding hydrogens is 285 g/mol. The van der Waals surface area contributed by atoms with Gasteiger partial charge in [0.1, 0.15) is 17.5 Å². The van der Waals surface area contributed by atoms with Crippen LogP contribution in [-0.2, 0) is 0 Å². The Morgan fingerprint density at radius 1 is 1.00 bits per heavy atom. The van der Waals surface area contributed by atoms with E-state index in [1.54, 1.807) is 6.92 Å². The number of carbonyl (C=O) groups is 1. The first-order chi connectivity index (χ1) is 9.47. The van der Waals surface area contributed by atoms with Gasteiger partial charge in [-0.05, 0) is 49.4 Å². The summed E-state index contributed by atoms with van der Waals surface area (Å²) < 4.78 is 39.3. The first kappa shape index (κ1) is 14.7. The molecule has 0 bridgehead atoms. The Labute approximate surface area is 118 Å². The van der Waals surface area contributed by atoms with Gasteiger partial charge < -0.3 is 0 Å². The van der Waals surface area contributed by atoms with Crippen LogP contribution in [0.25, 0.3) is 0 Å². The fourth-order valence-electron chi connectivity index (χ4n) is 1.66. The van der Waals surface area contributed by atoms with Gasteiger partial charge in [-0.3, -0.25) is 4.79 Å². The van der Waals surface area contributed by atoms with Crippen LogP contribution in [0.3, 0.4) is 0 Å². The Bertz CT molecular complexity index is 626. The van der Waals surface area contributed by atoms with Crippen LogP contribution in [0.5, 0.6) is 0 Å². The lowest BCUT2D eigenvalue weighted by Gasteiger charge is -2.11. The van der Waals surface area contributed by atoms with E-state index in [2.05, 4.69) is 0 Å². The van der Waals surface area contributed by atoms with Crippen molar-refractivity contribution in [1.29, 1.82) is 0 Å². The number of rotatable bonds is 4. The van der Waals surface area contributed by atoms with E-state index in [1.807, 2.05) is 0 Å². The summed E-state index contributed by atoms with van der Waals surface area (Å²) in [7, 11) is 0. The highest BCUT2D eigenvalue weighted by Gasteiger charge is 2.18. The quantitative estimate of drug-likeness (QED) is 0.612. The monoisotopic (exact) mass is 296 g/mol. The van der Waals surface area contributed by atoms with E-state index in [1.165, 1.54) is 24.3 Å². The van der Waals surface area contributed by atoms with Crippen molar-refractivity contribution in [3.05, 3.63) is 65.5 Å². The van der Waals surface area contributed by atoms with Crippen molar-refractivity contribution in [3.63, 3.8) is 0 Å². The number of halogens is 3. The molecule has 0 N–H and O–H groups in total. The molecule has 0 aliphatic carbocycles. The Balaban J connectivity index is 2.15. The molecule has 2 rings (SSSR count). The van der Waals surface area contributed by atoms with Gasteiger partial charge in [0.25, 0.3) is 0 Å². The van der Waals surface area contributed by atoms with Crippen molar-refractivity contribution in [1.82, 2.24) is 0 Å². The number of hydrogen-bond acceptors (Lipinski definition) is 2. The summed E-state index contributed by atoms with van der Waals surface area (Å²) in [6.07, 6.45) is 0. The fourth-order valence-corrected chi connectivity index (χ4v) is 2.65. The first-order valence-electron chi connectivity index (χ1n) is 5.89. The van der Waals surface area contributed by atoms with Gasteiger partial charge in [-0.2, -0.15) is 0 Å². The van der Waals surface area contributed by atoms with Crippen LogP contribution >= 0.6 is 11.8 Å². The van der Waals surface area contributed by atoms with Gasteiger partial charge in [0.15, 0.2) is 5.78 Å². The Morgan fingerprint density at radius 2 is 1.60 bits per heavy atom. The number of ketones is 1. The van der Waals surface area contributed by atoms with Crippen molar-refractivity contribution in [3.8, 4) is 0 Å². The van der Waals surface area contributed by atoms with Crippen molar-refractivity contribution >= 4 is 17.5 Å². The van der Waals surface area contributed by atoms with Crippen molar-refractivity contribution in [2.24, 2.45) is 0 Å². The van der Waals surface area contributed by atoms with E-state index in [0.717, 1.165) is 30.0 Å². The minimum atomic E-state index is -0.600. The number of benzene rings is 2. The molecule has 2 aromatic rings. The second kappa shape index (κ2) is 6.13. The van der Waals surface area contributed by atoms with E-state index in [9.17, 15) is 18.0 Å². The molecule has 0 radical (unpaired) electrons. The maximum atomic E-state index is 13.5. The van der Waals surface area contributed by atoms with Crippen LogP contribution in [0.4, 0.5) is 13.2 Å². The normalized spacial score (nSPS) is 12.2. The van der Waals surface area contributed by atoms with Crippen LogP contribution in [0.2, 0.25) is 0 Å². The molecule has 5 heteroatoms. The molecule has 0 saturated heterocycles. The lowest BCUT2D eigenvalue weighted by molar-refractivity contribution is 0.0994. The molecule has 2 aromatic carbocycles. The van der Waals surface area contributed by atoms with Gasteiger partial charge in [0.05, 0.1) is 5.25 Å². The third-order valence-corrected chi connectivity index (χ3v) is 3.83. The molecule has 0 spiro atoms. The smallest absolute Gasteiger partial charge is 0.175 e. The second-order valence-corrected chi connectivity index (χ2v) is 5.59. The minimum Gasteiger partial charge on any atom is -0.293 e.